The second-order valence-electron chi connectivity index (χ2n) is 6.18. The standard InChI is InChI=1S/C16H36N2/c1-8-15(9-2)18(12-13(4)5)16(14(6)7)11-17-10-3/h13-17H,8-12H2,1-7H3. The molecule has 0 aliphatic heterocycles. The lowest BCUT2D eigenvalue weighted by Gasteiger charge is -2.41. The van der Waals surface area contributed by atoms with Gasteiger partial charge < -0.3 is 5.32 Å². The largest absolute Gasteiger partial charge is 0.315 e. The Kier molecular flexibility index (Phi) is 9.76. The van der Waals surface area contributed by atoms with Crippen LogP contribution in [0, 0.1) is 11.8 Å². The van der Waals surface area contributed by atoms with Crippen molar-refractivity contribution >= 4 is 0 Å². The van der Waals surface area contributed by atoms with Crippen molar-refractivity contribution in [1.82, 2.24) is 10.2 Å². The van der Waals surface area contributed by atoms with Gasteiger partial charge in [-0.25, -0.2) is 0 Å². The van der Waals surface area contributed by atoms with Crippen LogP contribution in [0.2, 0.25) is 0 Å². The topological polar surface area (TPSA) is 15.3 Å². The van der Waals surface area contributed by atoms with Crippen LogP contribution in [0.1, 0.15) is 61.3 Å². The molecule has 1 unspecified atom stereocenters. The van der Waals surface area contributed by atoms with E-state index < -0.39 is 0 Å². The lowest BCUT2D eigenvalue weighted by molar-refractivity contribution is 0.0808. The normalized spacial score (nSPS) is 14.2. The highest BCUT2D eigenvalue weighted by Crippen LogP contribution is 2.19. The average Bonchev–Trinajstić information content (AvgIpc) is 2.29. The van der Waals surface area contributed by atoms with E-state index in [0.29, 0.717) is 12.0 Å². The van der Waals surface area contributed by atoms with Crippen molar-refractivity contribution in [2.24, 2.45) is 11.8 Å². The van der Waals surface area contributed by atoms with E-state index in [-0.39, 0.29) is 0 Å². The van der Waals surface area contributed by atoms with Gasteiger partial charge in [0.2, 0.25) is 0 Å². The van der Waals surface area contributed by atoms with Crippen molar-refractivity contribution in [2.75, 3.05) is 19.6 Å². The van der Waals surface area contributed by atoms with Crippen LogP contribution in [-0.2, 0) is 0 Å². The molecule has 1 atom stereocenters. The summed E-state index contributed by atoms with van der Waals surface area (Å²) in [5.41, 5.74) is 0. The fraction of sp³-hybridized carbons (Fsp3) is 1.00. The fourth-order valence-electron chi connectivity index (χ4n) is 2.76. The molecule has 0 amide bonds. The van der Waals surface area contributed by atoms with Gasteiger partial charge in [-0.15, -0.1) is 0 Å². The third-order valence-electron chi connectivity index (χ3n) is 3.79. The summed E-state index contributed by atoms with van der Waals surface area (Å²) in [4.78, 5) is 2.76. The summed E-state index contributed by atoms with van der Waals surface area (Å²) >= 11 is 0. The van der Waals surface area contributed by atoms with Crippen molar-refractivity contribution < 1.29 is 0 Å². The molecule has 0 aromatic heterocycles. The van der Waals surface area contributed by atoms with Crippen LogP contribution in [0.25, 0.3) is 0 Å². The van der Waals surface area contributed by atoms with Crippen LogP contribution in [0.5, 0.6) is 0 Å². The zero-order valence-electron chi connectivity index (χ0n) is 13.8. The van der Waals surface area contributed by atoms with E-state index in [0.717, 1.165) is 25.0 Å². The molecule has 0 bridgehead atoms. The van der Waals surface area contributed by atoms with E-state index in [1.165, 1.54) is 19.4 Å². The molecule has 0 saturated carbocycles. The molecule has 0 aliphatic rings. The minimum atomic E-state index is 0.664. The molecule has 0 radical (unpaired) electrons. The maximum atomic E-state index is 3.54. The van der Waals surface area contributed by atoms with Gasteiger partial charge in [0.15, 0.2) is 0 Å². The van der Waals surface area contributed by atoms with Crippen molar-refractivity contribution in [3.8, 4) is 0 Å². The number of rotatable bonds is 10. The molecule has 0 rings (SSSR count). The van der Waals surface area contributed by atoms with E-state index in [9.17, 15) is 0 Å². The first-order chi connectivity index (χ1) is 8.47. The molecule has 110 valence electrons. The van der Waals surface area contributed by atoms with Crippen LogP contribution in [0.15, 0.2) is 0 Å². The average molecular weight is 256 g/mol. The molecule has 0 aromatic rings. The molecule has 1 N–H and O–H groups in total. The minimum Gasteiger partial charge on any atom is -0.315 e. The summed E-state index contributed by atoms with van der Waals surface area (Å²) in [5, 5.41) is 3.54. The Morgan fingerprint density at radius 2 is 1.50 bits per heavy atom. The van der Waals surface area contributed by atoms with Crippen molar-refractivity contribution in [3.05, 3.63) is 0 Å². The Bertz CT molecular complexity index is 186. The first kappa shape index (κ1) is 17.9. The first-order valence-electron chi connectivity index (χ1n) is 7.94. The summed E-state index contributed by atoms with van der Waals surface area (Å²) in [6, 6.07) is 1.40. The van der Waals surface area contributed by atoms with Gasteiger partial charge in [0.25, 0.3) is 0 Å². The lowest BCUT2D eigenvalue weighted by atomic mass is 9.96. The van der Waals surface area contributed by atoms with Crippen LogP contribution in [-0.4, -0.2) is 36.6 Å². The fourth-order valence-corrected chi connectivity index (χ4v) is 2.76. The van der Waals surface area contributed by atoms with Crippen molar-refractivity contribution in [2.45, 2.75) is 73.4 Å². The van der Waals surface area contributed by atoms with E-state index in [1.54, 1.807) is 0 Å². The molecule has 0 heterocycles. The second kappa shape index (κ2) is 9.80. The van der Waals surface area contributed by atoms with Gasteiger partial charge in [0.1, 0.15) is 0 Å². The smallest absolute Gasteiger partial charge is 0.0246 e. The predicted octanol–water partition coefficient (Wildman–Crippen LogP) is 3.77. The molecule has 0 fully saturated rings. The molecule has 0 spiro atoms. The van der Waals surface area contributed by atoms with E-state index >= 15 is 0 Å². The predicted molar refractivity (Wildman–Crippen MR) is 83.1 cm³/mol. The van der Waals surface area contributed by atoms with Crippen LogP contribution in [0.3, 0.4) is 0 Å². The third kappa shape index (κ3) is 6.19. The molecule has 18 heavy (non-hydrogen) atoms. The number of nitrogens with zero attached hydrogens (tertiary/aromatic N) is 1. The maximum absolute atomic E-state index is 3.54. The van der Waals surface area contributed by atoms with Crippen LogP contribution < -0.4 is 5.32 Å². The highest BCUT2D eigenvalue weighted by atomic mass is 15.2. The zero-order chi connectivity index (χ0) is 14.1. The van der Waals surface area contributed by atoms with Gasteiger partial charge in [-0.05, 0) is 31.2 Å². The Labute approximate surface area is 116 Å². The van der Waals surface area contributed by atoms with Gasteiger partial charge >= 0.3 is 0 Å². The SMILES string of the molecule is CCNCC(C(C)C)N(CC(C)C)C(CC)CC. The molecular formula is C16H36N2. The summed E-state index contributed by atoms with van der Waals surface area (Å²) in [7, 11) is 0. The van der Waals surface area contributed by atoms with Gasteiger partial charge in [0.05, 0.1) is 0 Å². The van der Waals surface area contributed by atoms with E-state index in [4.69, 9.17) is 0 Å². The van der Waals surface area contributed by atoms with Gasteiger partial charge in [-0.1, -0.05) is 48.5 Å². The second-order valence-corrected chi connectivity index (χ2v) is 6.18. The lowest BCUT2D eigenvalue weighted by Crippen LogP contribution is -2.51. The highest BCUT2D eigenvalue weighted by Gasteiger charge is 2.26. The Morgan fingerprint density at radius 1 is 0.944 bits per heavy atom. The number of hydrogen-bond donors (Lipinski definition) is 1. The summed E-state index contributed by atoms with van der Waals surface area (Å²) in [5.74, 6) is 1.46. The Balaban J connectivity index is 4.83. The Morgan fingerprint density at radius 3 is 1.83 bits per heavy atom. The molecule has 2 nitrogen and oxygen atoms in total. The minimum absolute atomic E-state index is 0.664. The van der Waals surface area contributed by atoms with E-state index in [2.05, 4.69) is 58.7 Å². The number of nitrogens with one attached hydrogen (secondary N) is 1. The Hall–Kier alpha value is -0.0800. The summed E-state index contributed by atoms with van der Waals surface area (Å²) in [6.45, 7) is 19.6. The van der Waals surface area contributed by atoms with E-state index in [1.807, 2.05) is 0 Å². The van der Waals surface area contributed by atoms with Gasteiger partial charge in [-0.3, -0.25) is 4.90 Å². The van der Waals surface area contributed by atoms with Gasteiger partial charge in [0, 0.05) is 25.2 Å². The highest BCUT2D eigenvalue weighted by molar-refractivity contribution is 4.82. The van der Waals surface area contributed by atoms with Crippen LogP contribution in [0.4, 0.5) is 0 Å². The number of likely N-dealkylation sites (N-methyl/N-ethyl adjacent to an activating group) is 1. The number of hydrogen-bond acceptors (Lipinski definition) is 2. The third-order valence-corrected chi connectivity index (χ3v) is 3.79. The van der Waals surface area contributed by atoms with Crippen LogP contribution >= 0.6 is 0 Å². The molecule has 0 saturated heterocycles. The van der Waals surface area contributed by atoms with Crippen molar-refractivity contribution in [3.63, 3.8) is 0 Å². The molecule has 0 aromatic carbocycles. The quantitative estimate of drug-likeness (QED) is 0.640. The first-order valence-corrected chi connectivity index (χ1v) is 7.94. The summed E-state index contributed by atoms with van der Waals surface area (Å²) < 4.78 is 0. The van der Waals surface area contributed by atoms with Gasteiger partial charge in [-0.2, -0.15) is 0 Å². The summed E-state index contributed by atoms with van der Waals surface area (Å²) in [6.07, 6.45) is 2.52. The van der Waals surface area contributed by atoms with Crippen molar-refractivity contribution in [1.29, 1.82) is 0 Å². The monoisotopic (exact) mass is 256 g/mol. The molecule has 0 aliphatic carbocycles. The molecular weight excluding hydrogens is 220 g/mol. The zero-order valence-corrected chi connectivity index (χ0v) is 13.8. The maximum Gasteiger partial charge on any atom is 0.0246 e. The molecule has 2 heteroatoms.